The third-order valence-electron chi connectivity index (χ3n) is 12.4. The van der Waals surface area contributed by atoms with Crippen molar-refractivity contribution in [1.82, 2.24) is 0 Å². The number of ketones is 1. The summed E-state index contributed by atoms with van der Waals surface area (Å²) in [6.07, 6.45) is 2.01. The Labute approximate surface area is 245 Å². The Morgan fingerprint density at radius 2 is 1.88 bits per heavy atom. The third kappa shape index (κ3) is 3.03. The average molecular weight is 585 g/mol. The molecule has 3 aliphatic carbocycles. The van der Waals surface area contributed by atoms with Gasteiger partial charge in [-0.25, -0.2) is 0 Å². The zero-order chi connectivity index (χ0) is 30.2. The van der Waals surface area contributed by atoms with E-state index in [2.05, 4.69) is 6.92 Å². The fourth-order valence-electron chi connectivity index (χ4n) is 10.1. The molecular weight excluding hydrogens is 544 g/mol. The van der Waals surface area contributed by atoms with Gasteiger partial charge in [-0.2, -0.15) is 0 Å². The molecule has 228 valence electrons. The second-order valence-corrected chi connectivity index (χ2v) is 14.5. The first-order valence-corrected chi connectivity index (χ1v) is 15.1. The molecule has 1 aromatic heterocycles. The molecule has 2 bridgehead atoms. The summed E-state index contributed by atoms with van der Waals surface area (Å²) < 4.78 is 36.3. The van der Waals surface area contributed by atoms with Gasteiger partial charge >= 0.3 is 17.9 Å². The topological polar surface area (TPSA) is 134 Å². The Balaban J connectivity index is 1.39. The lowest BCUT2D eigenvalue weighted by molar-refractivity contribution is -0.217. The van der Waals surface area contributed by atoms with Gasteiger partial charge in [0.15, 0.2) is 5.78 Å². The monoisotopic (exact) mass is 584 g/mol. The summed E-state index contributed by atoms with van der Waals surface area (Å²) in [4.78, 5) is 54.2. The van der Waals surface area contributed by atoms with Crippen molar-refractivity contribution in [2.24, 2.45) is 39.9 Å². The van der Waals surface area contributed by atoms with Crippen molar-refractivity contribution in [1.29, 1.82) is 0 Å². The van der Waals surface area contributed by atoms with Gasteiger partial charge in [-0.15, -0.1) is 0 Å². The molecule has 6 aliphatic rings. The maximum atomic E-state index is 14.8. The SMILES string of the molecule is CCC(C)C(=O)OC1C2C(=O)C(C)(C(CC(=O)OC)C1(C)C)C13OC1CC1(C)C(c4ccoc4)OC(=O)CC1C31OC21. The van der Waals surface area contributed by atoms with Crippen molar-refractivity contribution in [2.45, 2.75) is 103 Å². The zero-order valence-corrected chi connectivity index (χ0v) is 25.3. The van der Waals surface area contributed by atoms with Crippen LogP contribution >= 0.6 is 0 Å². The fraction of sp³-hybridized carbons (Fsp3) is 0.750. The molecule has 2 spiro atoms. The molecule has 6 fully saturated rings. The Morgan fingerprint density at radius 3 is 2.52 bits per heavy atom. The minimum absolute atomic E-state index is 0.0456. The molecule has 0 N–H and O–H groups in total. The van der Waals surface area contributed by atoms with Gasteiger partial charge in [0.05, 0.1) is 55.8 Å². The number of carbonyl (C=O) groups is 4. The molecule has 1 aromatic rings. The molecule has 4 heterocycles. The lowest BCUT2D eigenvalue weighted by Gasteiger charge is -2.63. The smallest absolute Gasteiger partial charge is 0.308 e. The van der Waals surface area contributed by atoms with E-state index in [1.54, 1.807) is 19.5 Å². The lowest BCUT2D eigenvalue weighted by Crippen LogP contribution is -2.77. The van der Waals surface area contributed by atoms with Crippen LogP contribution in [-0.4, -0.2) is 60.3 Å². The van der Waals surface area contributed by atoms with Gasteiger partial charge in [0, 0.05) is 22.3 Å². The second kappa shape index (κ2) is 8.46. The number of methoxy groups -OCH3 is 1. The van der Waals surface area contributed by atoms with Gasteiger partial charge < -0.3 is 28.1 Å². The van der Waals surface area contributed by atoms with Crippen LogP contribution in [0, 0.1) is 39.9 Å². The van der Waals surface area contributed by atoms with Crippen molar-refractivity contribution >= 4 is 23.7 Å². The van der Waals surface area contributed by atoms with E-state index in [-0.39, 0.29) is 48.5 Å². The standard InChI is InChI=1S/C32H40O10/c1-8-15(2)27(36)40-25-22-23(35)30(6,17(28(25,3)4)11-20(33)37-7)32-19(41-32)13-29(5)18(31(32)26(22)42-31)12-21(34)39-24(29)16-9-10-38-14-16/h9-10,14-15,17-19,22,24-26H,8,11-13H2,1-7H3. The maximum absolute atomic E-state index is 14.8. The largest absolute Gasteiger partial charge is 0.472 e. The number of epoxide rings is 2. The summed E-state index contributed by atoms with van der Waals surface area (Å²) in [7, 11) is 1.33. The number of hydrogen-bond acceptors (Lipinski definition) is 10. The number of ether oxygens (including phenoxy) is 5. The number of rotatable bonds is 6. The van der Waals surface area contributed by atoms with E-state index in [4.69, 9.17) is 28.1 Å². The predicted molar refractivity (Wildman–Crippen MR) is 143 cm³/mol. The van der Waals surface area contributed by atoms with E-state index < -0.39 is 63.6 Å². The van der Waals surface area contributed by atoms with Crippen molar-refractivity contribution < 1.29 is 47.3 Å². The highest BCUT2D eigenvalue weighted by Crippen LogP contribution is 2.84. The molecule has 0 aromatic carbocycles. The number of esters is 3. The van der Waals surface area contributed by atoms with E-state index in [1.807, 2.05) is 33.8 Å². The van der Waals surface area contributed by atoms with Crippen molar-refractivity contribution in [3.63, 3.8) is 0 Å². The highest BCUT2D eigenvalue weighted by Gasteiger charge is 2.99. The van der Waals surface area contributed by atoms with Crippen molar-refractivity contribution in [3.8, 4) is 0 Å². The zero-order valence-electron chi connectivity index (χ0n) is 25.3. The van der Waals surface area contributed by atoms with Gasteiger partial charge in [0.25, 0.3) is 0 Å². The Bertz CT molecular complexity index is 1370. The number of furan rings is 1. The number of cyclic esters (lactones) is 1. The third-order valence-corrected chi connectivity index (χ3v) is 12.4. The number of hydrogen-bond donors (Lipinski definition) is 0. The molecule has 12 atom stereocenters. The van der Waals surface area contributed by atoms with Crippen LogP contribution in [0.5, 0.6) is 0 Å². The van der Waals surface area contributed by atoms with E-state index in [1.165, 1.54) is 7.11 Å². The molecule has 42 heavy (non-hydrogen) atoms. The van der Waals surface area contributed by atoms with Gasteiger partial charge in [0.1, 0.15) is 29.5 Å². The van der Waals surface area contributed by atoms with Crippen LogP contribution < -0.4 is 0 Å². The average Bonchev–Trinajstić information content (AvgIpc) is 3.80. The number of Topliss-reactive ketones (excluding diaryl/α,β-unsaturated/α-hetero) is 1. The van der Waals surface area contributed by atoms with Crippen LogP contribution in [0.25, 0.3) is 0 Å². The minimum Gasteiger partial charge on any atom is -0.472 e. The molecule has 7 rings (SSSR count). The molecule has 0 amide bonds. The summed E-state index contributed by atoms with van der Waals surface area (Å²) in [6, 6.07) is 1.81. The lowest BCUT2D eigenvalue weighted by atomic mass is 9.37. The number of fused-ring (bicyclic) bond motifs is 4. The molecule has 3 saturated heterocycles. The Hall–Kier alpha value is -2.72. The minimum atomic E-state index is -1.15. The first-order valence-electron chi connectivity index (χ1n) is 15.1. The highest BCUT2D eigenvalue weighted by molar-refractivity contribution is 5.95. The summed E-state index contributed by atoms with van der Waals surface area (Å²) >= 11 is 0. The quantitative estimate of drug-likeness (QED) is 0.275. The van der Waals surface area contributed by atoms with E-state index >= 15 is 0 Å². The molecule has 10 heteroatoms. The van der Waals surface area contributed by atoms with E-state index in [9.17, 15) is 19.2 Å². The first kappa shape index (κ1) is 28.1. The van der Waals surface area contributed by atoms with Crippen molar-refractivity contribution in [3.05, 3.63) is 24.2 Å². The van der Waals surface area contributed by atoms with Gasteiger partial charge in [-0.05, 0) is 31.7 Å². The molecule has 10 nitrogen and oxygen atoms in total. The van der Waals surface area contributed by atoms with Crippen LogP contribution in [-0.2, 0) is 42.9 Å². The van der Waals surface area contributed by atoms with Gasteiger partial charge in [-0.3, -0.25) is 19.2 Å². The molecule has 0 radical (unpaired) electrons. The highest BCUT2D eigenvalue weighted by atomic mass is 16.7. The summed E-state index contributed by atoms with van der Waals surface area (Å²) in [5.74, 6) is -3.32. The fourth-order valence-corrected chi connectivity index (χ4v) is 10.1. The predicted octanol–water partition coefficient (Wildman–Crippen LogP) is 3.95. The molecular formula is C32H40O10. The van der Waals surface area contributed by atoms with Crippen LogP contribution in [0.1, 0.15) is 78.9 Å². The summed E-state index contributed by atoms with van der Waals surface area (Å²) in [6.45, 7) is 11.7. The maximum Gasteiger partial charge on any atom is 0.308 e. The van der Waals surface area contributed by atoms with Crippen LogP contribution in [0.4, 0.5) is 0 Å². The first-order chi connectivity index (χ1) is 19.8. The van der Waals surface area contributed by atoms with Gasteiger partial charge in [-0.1, -0.05) is 34.6 Å². The van der Waals surface area contributed by atoms with Crippen LogP contribution in [0.2, 0.25) is 0 Å². The summed E-state index contributed by atoms with van der Waals surface area (Å²) in [5, 5.41) is 0. The van der Waals surface area contributed by atoms with E-state index in [0.717, 1.165) is 5.56 Å². The second-order valence-electron chi connectivity index (χ2n) is 14.5. The summed E-state index contributed by atoms with van der Waals surface area (Å²) in [5.41, 5.74) is -3.76. The van der Waals surface area contributed by atoms with Crippen molar-refractivity contribution in [2.75, 3.05) is 7.11 Å². The van der Waals surface area contributed by atoms with E-state index in [0.29, 0.717) is 12.8 Å². The van der Waals surface area contributed by atoms with Crippen LogP contribution in [0.15, 0.2) is 23.0 Å². The number of carbonyl (C=O) groups excluding carboxylic acids is 4. The van der Waals surface area contributed by atoms with Crippen LogP contribution in [0.3, 0.4) is 0 Å². The Kier molecular flexibility index (Phi) is 5.66. The molecule has 12 unspecified atom stereocenters. The van der Waals surface area contributed by atoms with Gasteiger partial charge in [0.2, 0.25) is 0 Å². The Morgan fingerprint density at radius 1 is 1.14 bits per heavy atom. The molecule has 3 aliphatic heterocycles. The normalized spacial score (nSPS) is 47.9. The molecule has 3 saturated carbocycles.